The highest BCUT2D eigenvalue weighted by atomic mass is 32.2. The number of rotatable bonds is 3. The van der Waals surface area contributed by atoms with Crippen LogP contribution in [0.2, 0.25) is 0 Å². The minimum Gasteiger partial charge on any atom is -0.465 e. The Morgan fingerprint density at radius 3 is 2.68 bits per heavy atom. The van der Waals surface area contributed by atoms with Gasteiger partial charge < -0.3 is 9.30 Å². The van der Waals surface area contributed by atoms with Crippen molar-refractivity contribution in [2.45, 2.75) is 12.8 Å². The number of benzene rings is 1. The quantitative estimate of drug-likeness (QED) is 0.849. The van der Waals surface area contributed by atoms with Gasteiger partial charge in [-0.2, -0.15) is 0 Å². The van der Waals surface area contributed by atoms with E-state index in [0.29, 0.717) is 16.5 Å². The molecule has 0 spiro atoms. The maximum absolute atomic E-state index is 11.7. The monoisotopic (exact) mass is 282 g/mol. The van der Waals surface area contributed by atoms with Crippen LogP contribution in [0, 0.1) is 6.92 Å². The fourth-order valence-electron chi connectivity index (χ4n) is 1.98. The summed E-state index contributed by atoms with van der Waals surface area (Å²) in [7, 11) is -2.41. The molecule has 0 saturated heterocycles. The average molecular weight is 282 g/mol. The Balaban J connectivity index is 2.70. The number of methoxy groups -OCH3 is 1. The summed E-state index contributed by atoms with van der Waals surface area (Å²) in [5, 5.41) is 5.69. The van der Waals surface area contributed by atoms with Crippen molar-refractivity contribution in [3.05, 3.63) is 35.5 Å². The molecule has 2 aromatic rings. The summed E-state index contributed by atoms with van der Waals surface area (Å²) in [4.78, 5) is 11.7. The van der Waals surface area contributed by atoms with Gasteiger partial charge in [-0.3, -0.25) is 0 Å². The van der Waals surface area contributed by atoms with Crippen molar-refractivity contribution in [3.8, 4) is 0 Å². The van der Waals surface area contributed by atoms with Gasteiger partial charge in [-0.05, 0) is 19.1 Å². The molecule has 0 radical (unpaired) electrons. The number of esters is 1. The summed E-state index contributed by atoms with van der Waals surface area (Å²) in [6.07, 6.45) is 1.44. The van der Waals surface area contributed by atoms with E-state index in [1.165, 1.54) is 17.9 Å². The van der Waals surface area contributed by atoms with E-state index < -0.39 is 16.0 Å². The maximum Gasteiger partial charge on any atom is 0.340 e. The van der Waals surface area contributed by atoms with Crippen molar-refractivity contribution in [1.29, 1.82) is 0 Å². The number of nitrogens with two attached hydrogens (primary N) is 1. The fraction of sp³-hybridized carbons (Fsp3) is 0.250. The number of fused-ring (bicyclic) bond motifs is 1. The third kappa shape index (κ3) is 2.77. The number of carbonyl (C=O) groups excluding carboxylic acids is 1. The van der Waals surface area contributed by atoms with Gasteiger partial charge >= 0.3 is 5.97 Å². The van der Waals surface area contributed by atoms with Gasteiger partial charge in [-0.1, -0.05) is 11.6 Å². The van der Waals surface area contributed by atoms with Crippen molar-refractivity contribution in [2.24, 2.45) is 5.14 Å². The molecule has 102 valence electrons. The Morgan fingerprint density at radius 1 is 1.42 bits per heavy atom. The van der Waals surface area contributed by atoms with Gasteiger partial charge in [0.1, 0.15) is 5.88 Å². The predicted molar refractivity (Wildman–Crippen MR) is 71.1 cm³/mol. The topological polar surface area (TPSA) is 91.4 Å². The van der Waals surface area contributed by atoms with E-state index in [2.05, 4.69) is 0 Å². The lowest BCUT2D eigenvalue weighted by Crippen LogP contribution is -2.18. The Kier molecular flexibility index (Phi) is 3.34. The summed E-state index contributed by atoms with van der Waals surface area (Å²) in [5.74, 6) is -0.896. The minimum atomic E-state index is -3.69. The molecule has 0 saturated carbocycles. The van der Waals surface area contributed by atoms with Crippen LogP contribution in [-0.2, 0) is 20.6 Å². The molecule has 1 aromatic heterocycles. The van der Waals surface area contributed by atoms with E-state index in [9.17, 15) is 13.2 Å². The Labute approximate surface area is 110 Å². The van der Waals surface area contributed by atoms with E-state index in [1.54, 1.807) is 12.1 Å². The fourth-order valence-corrected chi connectivity index (χ4v) is 2.59. The van der Waals surface area contributed by atoms with Crippen LogP contribution < -0.4 is 5.14 Å². The first-order chi connectivity index (χ1) is 8.81. The molecule has 7 heteroatoms. The Bertz CT molecular complexity index is 746. The summed E-state index contributed by atoms with van der Waals surface area (Å²) in [6.45, 7) is 1.89. The average Bonchev–Trinajstić information content (AvgIpc) is 2.64. The standard InChI is InChI=1S/C12H14N2O4S/c1-8-3-4-11-9(5-8)10(12(15)18-2)6-14(11)7-19(13,16)17/h3-6H,7H2,1-2H3,(H2,13,16,17). The largest absolute Gasteiger partial charge is 0.465 e. The normalized spacial score (nSPS) is 11.7. The number of hydrogen-bond donors (Lipinski definition) is 1. The van der Waals surface area contributed by atoms with Gasteiger partial charge in [-0.25, -0.2) is 18.4 Å². The third-order valence-electron chi connectivity index (χ3n) is 2.76. The van der Waals surface area contributed by atoms with Gasteiger partial charge in [0.2, 0.25) is 10.0 Å². The summed E-state index contributed by atoms with van der Waals surface area (Å²) >= 11 is 0. The lowest BCUT2D eigenvalue weighted by molar-refractivity contribution is 0.0602. The Hall–Kier alpha value is -1.86. The molecule has 2 N–H and O–H groups in total. The van der Waals surface area contributed by atoms with E-state index in [1.807, 2.05) is 13.0 Å². The number of nitrogens with zero attached hydrogens (tertiary/aromatic N) is 1. The molecule has 19 heavy (non-hydrogen) atoms. The summed E-state index contributed by atoms with van der Waals surface area (Å²) < 4.78 is 28.5. The smallest absolute Gasteiger partial charge is 0.340 e. The summed E-state index contributed by atoms with van der Waals surface area (Å²) in [6, 6.07) is 5.40. The predicted octanol–water partition coefficient (Wildman–Crippen LogP) is 0.982. The van der Waals surface area contributed by atoms with Crippen molar-refractivity contribution in [2.75, 3.05) is 7.11 Å². The van der Waals surface area contributed by atoms with E-state index >= 15 is 0 Å². The molecule has 0 atom stereocenters. The highest BCUT2D eigenvalue weighted by Gasteiger charge is 2.17. The van der Waals surface area contributed by atoms with Crippen LogP contribution >= 0.6 is 0 Å². The molecular weight excluding hydrogens is 268 g/mol. The molecule has 0 fully saturated rings. The molecule has 0 amide bonds. The third-order valence-corrected chi connectivity index (χ3v) is 3.40. The van der Waals surface area contributed by atoms with Crippen LogP contribution in [0.25, 0.3) is 10.9 Å². The highest BCUT2D eigenvalue weighted by molar-refractivity contribution is 7.88. The van der Waals surface area contributed by atoms with Gasteiger partial charge in [0.05, 0.1) is 12.7 Å². The van der Waals surface area contributed by atoms with Crippen LogP contribution in [0.1, 0.15) is 15.9 Å². The molecule has 6 nitrogen and oxygen atoms in total. The van der Waals surface area contributed by atoms with Crippen LogP contribution in [0.4, 0.5) is 0 Å². The zero-order chi connectivity index (χ0) is 14.2. The second-order valence-corrected chi connectivity index (χ2v) is 5.90. The molecule has 0 unspecified atom stereocenters. The van der Waals surface area contributed by atoms with Crippen molar-refractivity contribution < 1.29 is 17.9 Å². The van der Waals surface area contributed by atoms with Crippen LogP contribution in [0.3, 0.4) is 0 Å². The SMILES string of the molecule is COC(=O)c1cn(CS(N)(=O)=O)c2ccc(C)cc12. The lowest BCUT2D eigenvalue weighted by atomic mass is 10.1. The molecule has 0 bridgehead atoms. The van der Waals surface area contributed by atoms with E-state index in [-0.39, 0.29) is 5.88 Å². The molecule has 0 aliphatic carbocycles. The lowest BCUT2D eigenvalue weighted by Gasteiger charge is -2.03. The zero-order valence-corrected chi connectivity index (χ0v) is 11.4. The Morgan fingerprint density at radius 2 is 2.11 bits per heavy atom. The van der Waals surface area contributed by atoms with E-state index in [0.717, 1.165) is 5.56 Å². The van der Waals surface area contributed by atoms with Crippen LogP contribution in [-0.4, -0.2) is 26.1 Å². The second kappa shape index (κ2) is 4.67. The minimum absolute atomic E-state index is 0.324. The first-order valence-electron chi connectivity index (χ1n) is 5.50. The highest BCUT2D eigenvalue weighted by Crippen LogP contribution is 2.23. The summed E-state index contributed by atoms with van der Waals surface area (Å²) in [5.41, 5.74) is 1.91. The molecule has 2 rings (SSSR count). The van der Waals surface area contributed by atoms with Crippen molar-refractivity contribution >= 4 is 26.9 Å². The zero-order valence-electron chi connectivity index (χ0n) is 10.6. The van der Waals surface area contributed by atoms with Crippen LogP contribution in [0.15, 0.2) is 24.4 Å². The van der Waals surface area contributed by atoms with Gasteiger partial charge in [0, 0.05) is 17.1 Å². The van der Waals surface area contributed by atoms with Crippen LogP contribution in [0.5, 0.6) is 0 Å². The maximum atomic E-state index is 11.7. The number of carbonyl (C=O) groups is 1. The molecule has 0 aliphatic rings. The van der Waals surface area contributed by atoms with E-state index in [4.69, 9.17) is 9.88 Å². The van der Waals surface area contributed by atoms with Crippen molar-refractivity contribution in [1.82, 2.24) is 4.57 Å². The first kappa shape index (κ1) is 13.6. The number of primary sulfonamides is 1. The first-order valence-corrected chi connectivity index (χ1v) is 7.21. The van der Waals surface area contributed by atoms with Gasteiger partial charge in [0.15, 0.2) is 0 Å². The molecule has 1 aromatic carbocycles. The number of ether oxygens (including phenoxy) is 1. The van der Waals surface area contributed by atoms with Gasteiger partial charge in [-0.15, -0.1) is 0 Å². The number of aryl methyl sites for hydroxylation is 1. The molecular formula is C12H14N2O4S. The van der Waals surface area contributed by atoms with Crippen molar-refractivity contribution in [3.63, 3.8) is 0 Å². The number of aromatic nitrogens is 1. The van der Waals surface area contributed by atoms with Gasteiger partial charge in [0.25, 0.3) is 0 Å². The molecule has 0 aliphatic heterocycles. The molecule has 1 heterocycles. The number of hydrogen-bond acceptors (Lipinski definition) is 4. The number of sulfonamides is 1. The second-order valence-electron chi connectivity index (χ2n) is 4.32.